The molecule has 32 heavy (non-hydrogen) atoms. The van der Waals surface area contributed by atoms with Crippen LogP contribution in [0.2, 0.25) is 0 Å². The lowest BCUT2D eigenvalue weighted by Crippen LogP contribution is -2.60. The summed E-state index contributed by atoms with van der Waals surface area (Å²) in [6.07, 6.45) is 1.11. The Morgan fingerprint density at radius 1 is 1.25 bits per heavy atom. The quantitative estimate of drug-likeness (QED) is 0.193. The van der Waals surface area contributed by atoms with E-state index in [9.17, 15) is 34.5 Å². The number of aromatic nitrogens is 2. The van der Waals surface area contributed by atoms with Crippen molar-refractivity contribution in [2.24, 2.45) is 5.73 Å². The molecule has 0 spiro atoms. The maximum atomic E-state index is 13.0. The number of hydrogen-bond donors (Lipinski definition) is 7. The van der Waals surface area contributed by atoms with Gasteiger partial charge in [0, 0.05) is 24.9 Å². The first-order chi connectivity index (χ1) is 15.0. The summed E-state index contributed by atoms with van der Waals surface area (Å²) >= 11 is 0. The third-order valence-electron chi connectivity index (χ3n) is 5.30. The van der Waals surface area contributed by atoms with Gasteiger partial charge in [0.2, 0.25) is 17.7 Å². The first-order valence-electron chi connectivity index (χ1n) is 10.3. The van der Waals surface area contributed by atoms with Crippen LogP contribution < -0.4 is 16.4 Å². The number of H-pyrrole nitrogens is 1. The van der Waals surface area contributed by atoms with Gasteiger partial charge < -0.3 is 41.6 Å². The minimum absolute atomic E-state index is 0.0225. The van der Waals surface area contributed by atoms with Crippen molar-refractivity contribution in [1.82, 2.24) is 25.5 Å². The molecule has 13 nitrogen and oxygen atoms in total. The number of carboxylic acids is 1. The highest BCUT2D eigenvalue weighted by atomic mass is 16.4. The molecular weight excluding hydrogens is 424 g/mol. The van der Waals surface area contributed by atoms with Crippen molar-refractivity contribution in [3.63, 3.8) is 0 Å². The molecule has 1 saturated heterocycles. The number of carbonyl (C=O) groups is 4. The van der Waals surface area contributed by atoms with Gasteiger partial charge in [0.1, 0.15) is 24.2 Å². The number of nitrogens with one attached hydrogen (secondary N) is 3. The summed E-state index contributed by atoms with van der Waals surface area (Å²) in [5, 5.41) is 33.7. The molecule has 1 aliphatic heterocycles. The molecule has 0 aliphatic carbocycles. The van der Waals surface area contributed by atoms with E-state index in [0.29, 0.717) is 18.5 Å². The Hall–Kier alpha value is -3.03. The average Bonchev–Trinajstić information content (AvgIpc) is 3.41. The molecular formula is C19H30N6O7. The molecule has 6 unspecified atom stereocenters. The maximum Gasteiger partial charge on any atom is 0.326 e. The summed E-state index contributed by atoms with van der Waals surface area (Å²) in [5.41, 5.74) is 6.10. The van der Waals surface area contributed by atoms with Crippen LogP contribution >= 0.6 is 0 Å². The van der Waals surface area contributed by atoms with Crippen LogP contribution in [-0.4, -0.2) is 96.8 Å². The highest BCUT2D eigenvalue weighted by Gasteiger charge is 2.40. The van der Waals surface area contributed by atoms with Crippen LogP contribution in [0.3, 0.4) is 0 Å². The molecule has 1 aromatic heterocycles. The number of likely N-dealkylation sites (tertiary alicyclic amines) is 1. The van der Waals surface area contributed by atoms with Crippen molar-refractivity contribution in [3.8, 4) is 0 Å². The summed E-state index contributed by atoms with van der Waals surface area (Å²) < 4.78 is 0. The van der Waals surface area contributed by atoms with Crippen molar-refractivity contribution in [2.75, 3.05) is 6.54 Å². The SMILES string of the molecule is CC(O)C(N)C(=O)NC(C(=O)N1CCCC1C(=O)NC(Cc1cnc[nH]1)C(=O)O)C(C)O. The third-order valence-corrected chi connectivity index (χ3v) is 5.30. The van der Waals surface area contributed by atoms with Crippen molar-refractivity contribution < 1.29 is 34.5 Å². The van der Waals surface area contributed by atoms with Gasteiger partial charge in [0.15, 0.2) is 0 Å². The Balaban J connectivity index is 2.10. The monoisotopic (exact) mass is 454 g/mol. The smallest absolute Gasteiger partial charge is 0.326 e. The van der Waals surface area contributed by atoms with Crippen molar-refractivity contribution in [1.29, 1.82) is 0 Å². The first-order valence-corrected chi connectivity index (χ1v) is 10.3. The van der Waals surface area contributed by atoms with Crippen molar-refractivity contribution in [2.45, 2.75) is 69.5 Å². The number of hydrogen-bond acceptors (Lipinski definition) is 8. The van der Waals surface area contributed by atoms with E-state index in [1.54, 1.807) is 0 Å². The fourth-order valence-corrected chi connectivity index (χ4v) is 3.42. The van der Waals surface area contributed by atoms with E-state index in [4.69, 9.17) is 5.73 Å². The molecule has 0 aromatic carbocycles. The standard InChI is InChI=1S/C19H30N6O7/c1-9(26)14(20)17(29)24-15(10(2)27)18(30)25-5-3-4-13(25)16(28)23-12(19(31)32)6-11-7-21-8-22-11/h7-10,12-15,26-27H,3-6,20H2,1-2H3,(H,21,22)(H,23,28)(H,24,29)(H,31,32). The molecule has 0 bridgehead atoms. The fraction of sp³-hybridized carbons (Fsp3) is 0.632. The van der Waals surface area contributed by atoms with Crippen LogP contribution in [0.15, 0.2) is 12.5 Å². The van der Waals surface area contributed by atoms with Gasteiger partial charge >= 0.3 is 5.97 Å². The summed E-state index contributed by atoms with van der Waals surface area (Å²) in [6.45, 7) is 2.80. The van der Waals surface area contributed by atoms with E-state index in [-0.39, 0.29) is 13.0 Å². The fourth-order valence-electron chi connectivity index (χ4n) is 3.42. The number of nitrogens with two attached hydrogens (primary N) is 1. The molecule has 0 radical (unpaired) electrons. The van der Waals surface area contributed by atoms with Crippen LogP contribution in [0.1, 0.15) is 32.4 Å². The first kappa shape index (κ1) is 25.2. The third kappa shape index (κ3) is 6.24. The summed E-state index contributed by atoms with van der Waals surface area (Å²) in [6, 6.07) is -4.90. The normalized spacial score (nSPS) is 20.7. The molecule has 0 saturated carbocycles. The van der Waals surface area contributed by atoms with Gasteiger partial charge in [0.25, 0.3) is 0 Å². The zero-order chi connectivity index (χ0) is 24.0. The molecule has 6 atom stereocenters. The second-order valence-corrected chi connectivity index (χ2v) is 7.86. The summed E-state index contributed by atoms with van der Waals surface area (Å²) in [5.74, 6) is -3.43. The second kappa shape index (κ2) is 11.0. The number of rotatable bonds is 10. The average molecular weight is 454 g/mol. The molecule has 2 heterocycles. The van der Waals surface area contributed by atoms with E-state index in [1.807, 2.05) is 0 Å². The molecule has 1 aromatic rings. The highest BCUT2D eigenvalue weighted by Crippen LogP contribution is 2.20. The highest BCUT2D eigenvalue weighted by molar-refractivity contribution is 5.94. The molecule has 13 heteroatoms. The number of aliphatic hydroxyl groups excluding tert-OH is 2. The molecule has 1 fully saturated rings. The number of aliphatic hydroxyl groups is 2. The van der Waals surface area contributed by atoms with E-state index >= 15 is 0 Å². The Morgan fingerprint density at radius 3 is 2.47 bits per heavy atom. The van der Waals surface area contributed by atoms with E-state index < -0.39 is 60.1 Å². The molecule has 1 aliphatic rings. The lowest BCUT2D eigenvalue weighted by Gasteiger charge is -2.31. The van der Waals surface area contributed by atoms with Gasteiger partial charge in [-0.05, 0) is 26.7 Å². The number of carboxylic acid groups (broad SMARTS) is 1. The van der Waals surface area contributed by atoms with Gasteiger partial charge in [-0.1, -0.05) is 0 Å². The number of amides is 3. The number of nitrogens with zero attached hydrogens (tertiary/aromatic N) is 2. The topological polar surface area (TPSA) is 211 Å². The summed E-state index contributed by atoms with van der Waals surface area (Å²) in [4.78, 5) is 57.4. The molecule has 3 amide bonds. The Morgan fingerprint density at radius 2 is 1.94 bits per heavy atom. The van der Waals surface area contributed by atoms with Crippen LogP contribution in [0.25, 0.3) is 0 Å². The number of carbonyl (C=O) groups excluding carboxylic acids is 3. The maximum absolute atomic E-state index is 13.0. The Labute approximate surface area is 184 Å². The van der Waals surface area contributed by atoms with E-state index in [1.165, 1.54) is 31.3 Å². The van der Waals surface area contributed by atoms with Gasteiger partial charge in [-0.3, -0.25) is 14.4 Å². The predicted octanol–water partition coefficient (Wildman–Crippen LogP) is -2.91. The largest absolute Gasteiger partial charge is 0.480 e. The van der Waals surface area contributed by atoms with Crippen LogP contribution in [0.5, 0.6) is 0 Å². The minimum atomic E-state index is -1.39. The van der Waals surface area contributed by atoms with Gasteiger partial charge in [-0.15, -0.1) is 0 Å². The minimum Gasteiger partial charge on any atom is -0.480 e. The summed E-state index contributed by atoms with van der Waals surface area (Å²) in [7, 11) is 0. The zero-order valence-corrected chi connectivity index (χ0v) is 17.9. The van der Waals surface area contributed by atoms with Crippen LogP contribution in [-0.2, 0) is 25.6 Å². The van der Waals surface area contributed by atoms with Crippen molar-refractivity contribution >= 4 is 23.7 Å². The van der Waals surface area contributed by atoms with Gasteiger partial charge in [-0.2, -0.15) is 0 Å². The van der Waals surface area contributed by atoms with E-state index in [2.05, 4.69) is 20.6 Å². The van der Waals surface area contributed by atoms with E-state index in [0.717, 1.165) is 0 Å². The second-order valence-electron chi connectivity index (χ2n) is 7.86. The number of aromatic amines is 1. The molecule has 2 rings (SSSR count). The molecule has 8 N–H and O–H groups in total. The zero-order valence-electron chi connectivity index (χ0n) is 17.9. The lowest BCUT2D eigenvalue weighted by atomic mass is 10.1. The molecule has 178 valence electrons. The van der Waals surface area contributed by atoms with Gasteiger partial charge in [-0.25, -0.2) is 9.78 Å². The van der Waals surface area contributed by atoms with Gasteiger partial charge in [0.05, 0.1) is 18.5 Å². The van der Waals surface area contributed by atoms with Crippen molar-refractivity contribution in [3.05, 3.63) is 18.2 Å². The predicted molar refractivity (Wildman–Crippen MR) is 110 cm³/mol. The Kier molecular flexibility index (Phi) is 8.69. The number of imidazole rings is 1. The Bertz CT molecular complexity index is 813. The number of aliphatic carboxylic acids is 1. The lowest BCUT2D eigenvalue weighted by molar-refractivity contribution is -0.146. The van der Waals surface area contributed by atoms with Crippen LogP contribution in [0, 0.1) is 0 Å². The van der Waals surface area contributed by atoms with Crippen LogP contribution in [0.4, 0.5) is 0 Å².